The Kier molecular flexibility index (Phi) is 3.38. The van der Waals surface area contributed by atoms with Gasteiger partial charge in [0.1, 0.15) is 0 Å². The fraction of sp³-hybridized carbons (Fsp3) is 0.333. The molecule has 0 aliphatic carbocycles. The topological polar surface area (TPSA) is 69.9 Å². The molecule has 1 aliphatic heterocycles. The van der Waals surface area contributed by atoms with Crippen molar-refractivity contribution in [3.05, 3.63) is 23.3 Å². The summed E-state index contributed by atoms with van der Waals surface area (Å²) in [6.07, 6.45) is 4.61. The van der Waals surface area contributed by atoms with Gasteiger partial charge >= 0.3 is 7.12 Å². The second-order valence-electron chi connectivity index (χ2n) is 3.25. The molecule has 0 radical (unpaired) electrons. The van der Waals surface area contributed by atoms with Gasteiger partial charge in [-0.25, -0.2) is 0 Å². The van der Waals surface area contributed by atoms with E-state index in [2.05, 4.69) is 4.99 Å². The van der Waals surface area contributed by atoms with Crippen molar-refractivity contribution in [3.63, 3.8) is 0 Å². The monoisotopic (exact) mass is 193 g/mol. The maximum atomic E-state index is 11.2. The van der Waals surface area contributed by atoms with E-state index < -0.39 is 7.12 Å². The first kappa shape index (κ1) is 10.9. The van der Waals surface area contributed by atoms with Gasteiger partial charge in [0.2, 0.25) is 0 Å². The fourth-order valence-electron chi connectivity index (χ4n) is 1.26. The van der Waals surface area contributed by atoms with Crippen LogP contribution in [0.4, 0.5) is 0 Å². The smallest absolute Gasteiger partial charge is 0.423 e. The number of hydrogen-bond acceptors (Lipinski definition) is 4. The first-order chi connectivity index (χ1) is 6.52. The number of rotatable bonds is 2. The Balaban J connectivity index is 3.12. The fourth-order valence-corrected chi connectivity index (χ4v) is 1.26. The van der Waals surface area contributed by atoms with Gasteiger partial charge in [-0.05, 0) is 6.92 Å². The zero-order valence-corrected chi connectivity index (χ0v) is 8.14. The molecule has 14 heavy (non-hydrogen) atoms. The van der Waals surface area contributed by atoms with Crippen LogP contribution in [0.2, 0.25) is 0 Å². The summed E-state index contributed by atoms with van der Waals surface area (Å²) in [5, 5.41) is 18.1. The molecule has 2 N–H and O–H groups in total. The van der Waals surface area contributed by atoms with Crippen LogP contribution in [-0.4, -0.2) is 29.2 Å². The Morgan fingerprint density at radius 1 is 1.57 bits per heavy atom. The highest BCUT2D eigenvalue weighted by Crippen LogP contribution is 2.17. The van der Waals surface area contributed by atoms with E-state index >= 15 is 0 Å². The van der Waals surface area contributed by atoms with Crippen molar-refractivity contribution in [3.8, 4) is 0 Å². The Bertz CT molecular complexity index is 331. The number of carbonyl (C=O) groups excluding carboxylic acids is 1. The molecule has 0 saturated carbocycles. The maximum absolute atomic E-state index is 11.2. The van der Waals surface area contributed by atoms with Crippen LogP contribution in [0.3, 0.4) is 0 Å². The largest absolute Gasteiger partial charge is 0.490 e. The van der Waals surface area contributed by atoms with Crippen molar-refractivity contribution < 1.29 is 14.8 Å². The number of nitrogens with zero attached hydrogens (tertiary/aromatic N) is 1. The normalized spacial score (nSPS) is 21.0. The molecule has 0 saturated heterocycles. The maximum Gasteiger partial charge on any atom is 0.490 e. The van der Waals surface area contributed by atoms with Gasteiger partial charge in [-0.3, -0.25) is 9.79 Å². The van der Waals surface area contributed by atoms with Gasteiger partial charge < -0.3 is 10.0 Å². The van der Waals surface area contributed by atoms with Crippen molar-refractivity contribution in [2.24, 2.45) is 10.9 Å². The van der Waals surface area contributed by atoms with Crippen molar-refractivity contribution in [2.75, 3.05) is 0 Å². The average Bonchev–Trinajstić information content (AvgIpc) is 2.26. The molecular weight excluding hydrogens is 181 g/mol. The average molecular weight is 193 g/mol. The lowest BCUT2D eigenvalue weighted by Gasteiger charge is -2.06. The molecular formula is C9H12BNO3. The van der Waals surface area contributed by atoms with Crippen LogP contribution < -0.4 is 0 Å². The van der Waals surface area contributed by atoms with Crippen LogP contribution >= 0.6 is 0 Å². The van der Waals surface area contributed by atoms with E-state index in [1.165, 1.54) is 13.1 Å². The summed E-state index contributed by atoms with van der Waals surface area (Å²) >= 11 is 0. The first-order valence-corrected chi connectivity index (χ1v) is 4.35. The molecule has 0 amide bonds. The minimum Gasteiger partial charge on any atom is -0.423 e. The van der Waals surface area contributed by atoms with Gasteiger partial charge in [-0.2, -0.15) is 0 Å². The minimum absolute atomic E-state index is 0.0152. The Morgan fingerprint density at radius 2 is 2.21 bits per heavy atom. The van der Waals surface area contributed by atoms with E-state index in [0.717, 1.165) is 0 Å². The standard InChI is InChI=1S/C9H12BNO3/c1-6-3-8(7(2)12)9(10(13)14)5-11-4-6/h3-6,13-14H,1-2H3. The molecule has 1 rings (SSSR count). The third-order valence-corrected chi connectivity index (χ3v) is 1.93. The van der Waals surface area contributed by atoms with Crippen LogP contribution in [0.5, 0.6) is 0 Å². The zero-order valence-electron chi connectivity index (χ0n) is 8.14. The summed E-state index contributed by atoms with van der Waals surface area (Å²) in [6.45, 7) is 3.26. The lowest BCUT2D eigenvalue weighted by molar-refractivity contribution is -0.113. The molecule has 1 heterocycles. The van der Waals surface area contributed by atoms with E-state index in [4.69, 9.17) is 10.0 Å². The lowest BCUT2D eigenvalue weighted by Crippen LogP contribution is -2.20. The molecule has 1 aliphatic rings. The van der Waals surface area contributed by atoms with Gasteiger partial charge in [0, 0.05) is 29.4 Å². The van der Waals surface area contributed by atoms with Crippen LogP contribution in [-0.2, 0) is 4.79 Å². The second kappa shape index (κ2) is 4.35. The lowest BCUT2D eigenvalue weighted by atomic mass is 9.74. The molecule has 1 unspecified atom stereocenters. The summed E-state index contributed by atoms with van der Waals surface area (Å²) in [4.78, 5) is 15.1. The zero-order chi connectivity index (χ0) is 10.7. The highest BCUT2D eigenvalue weighted by atomic mass is 16.4. The Morgan fingerprint density at radius 3 is 2.71 bits per heavy atom. The molecule has 0 spiro atoms. The predicted molar refractivity (Wildman–Crippen MR) is 54.7 cm³/mol. The van der Waals surface area contributed by atoms with E-state index in [1.807, 2.05) is 6.92 Å². The van der Waals surface area contributed by atoms with Crippen LogP contribution in [0.15, 0.2) is 28.3 Å². The molecule has 4 nitrogen and oxygen atoms in total. The number of aliphatic imine (C=N–C) groups is 1. The van der Waals surface area contributed by atoms with E-state index in [1.54, 1.807) is 12.3 Å². The van der Waals surface area contributed by atoms with Gasteiger partial charge in [-0.15, -0.1) is 0 Å². The molecule has 0 aromatic rings. The molecule has 5 heteroatoms. The summed E-state index contributed by atoms with van der Waals surface area (Å²) in [5.41, 5.74) is 0.475. The summed E-state index contributed by atoms with van der Waals surface area (Å²) in [5.74, 6) is -0.178. The summed E-state index contributed by atoms with van der Waals surface area (Å²) in [6, 6.07) is 0. The molecule has 1 atom stereocenters. The van der Waals surface area contributed by atoms with Gasteiger partial charge in [0.15, 0.2) is 5.78 Å². The molecule has 0 bridgehead atoms. The summed E-state index contributed by atoms with van der Waals surface area (Å²) < 4.78 is 0. The molecule has 0 fully saturated rings. The molecule has 0 aromatic carbocycles. The third kappa shape index (κ3) is 2.40. The van der Waals surface area contributed by atoms with E-state index in [-0.39, 0.29) is 17.2 Å². The number of hydrogen-bond donors (Lipinski definition) is 2. The first-order valence-electron chi connectivity index (χ1n) is 4.35. The SMILES string of the molecule is CC(=O)C1=CC(C)C=NC=C1B(O)O. The van der Waals surface area contributed by atoms with Crippen molar-refractivity contribution in [2.45, 2.75) is 13.8 Å². The van der Waals surface area contributed by atoms with Gasteiger partial charge in [0.05, 0.1) is 0 Å². The van der Waals surface area contributed by atoms with Crippen molar-refractivity contribution in [1.82, 2.24) is 0 Å². The van der Waals surface area contributed by atoms with Crippen LogP contribution in [0.1, 0.15) is 13.8 Å². The highest BCUT2D eigenvalue weighted by molar-refractivity contribution is 6.53. The van der Waals surface area contributed by atoms with E-state index in [0.29, 0.717) is 5.57 Å². The molecule has 0 aromatic heterocycles. The predicted octanol–water partition coefficient (Wildman–Crippen LogP) is 0.118. The number of Topliss-reactive ketones (excluding diaryl/α,β-unsaturated/α-hetero) is 1. The number of ketones is 1. The van der Waals surface area contributed by atoms with Crippen molar-refractivity contribution in [1.29, 1.82) is 0 Å². The summed E-state index contributed by atoms with van der Waals surface area (Å²) in [7, 11) is -1.66. The number of carbonyl (C=O) groups is 1. The van der Waals surface area contributed by atoms with E-state index in [9.17, 15) is 4.79 Å². The third-order valence-electron chi connectivity index (χ3n) is 1.93. The van der Waals surface area contributed by atoms with Gasteiger partial charge in [-0.1, -0.05) is 13.0 Å². The Labute approximate surface area is 82.8 Å². The van der Waals surface area contributed by atoms with Gasteiger partial charge in [0.25, 0.3) is 0 Å². The second-order valence-corrected chi connectivity index (χ2v) is 3.25. The van der Waals surface area contributed by atoms with Crippen LogP contribution in [0.25, 0.3) is 0 Å². The highest BCUT2D eigenvalue weighted by Gasteiger charge is 2.23. The van der Waals surface area contributed by atoms with Crippen molar-refractivity contribution >= 4 is 19.1 Å². The molecule has 74 valence electrons. The Hall–Kier alpha value is -1.20. The van der Waals surface area contributed by atoms with Crippen LogP contribution in [0, 0.1) is 5.92 Å². The quantitative estimate of drug-likeness (QED) is 0.611. The minimum atomic E-state index is -1.66. The number of allylic oxidation sites excluding steroid dienone is 3.